The second kappa shape index (κ2) is 4.33. The van der Waals surface area contributed by atoms with Gasteiger partial charge in [0.1, 0.15) is 16.9 Å². The van der Waals surface area contributed by atoms with E-state index in [1.165, 1.54) is 13.0 Å². The summed E-state index contributed by atoms with van der Waals surface area (Å²) in [5.41, 5.74) is -0.342. The molecule has 1 aromatic heterocycles. The first-order chi connectivity index (χ1) is 8.08. The Morgan fingerprint density at radius 1 is 1.24 bits per heavy atom. The molecule has 2 aromatic rings. The molecule has 0 aliphatic carbocycles. The van der Waals surface area contributed by atoms with Crippen molar-refractivity contribution in [2.75, 3.05) is 0 Å². The van der Waals surface area contributed by atoms with Gasteiger partial charge in [0, 0.05) is 5.39 Å². The number of ketones is 2. The van der Waals surface area contributed by atoms with E-state index >= 15 is 0 Å². The Balaban J connectivity index is 2.55. The number of carbonyl (C=O) groups is 2. The van der Waals surface area contributed by atoms with E-state index in [2.05, 4.69) is 0 Å². The quantitative estimate of drug-likeness (QED) is 0.459. The molecule has 0 saturated carbocycles. The minimum absolute atomic E-state index is 0.0705. The maximum Gasteiger partial charge on any atom is 0.347 e. The predicted octanol–water partition coefficient (Wildman–Crippen LogP) is 1.95. The minimum atomic E-state index is -0.699. The van der Waals surface area contributed by atoms with Crippen molar-refractivity contribution >= 4 is 22.5 Å². The van der Waals surface area contributed by atoms with E-state index in [4.69, 9.17) is 4.42 Å². The first kappa shape index (κ1) is 11.3. The fraction of sp³-hybridized carbons (Fsp3) is 0.154. The Labute approximate surface area is 96.9 Å². The van der Waals surface area contributed by atoms with Crippen LogP contribution in [0.15, 0.2) is 39.5 Å². The summed E-state index contributed by atoms with van der Waals surface area (Å²) in [4.78, 5) is 34.0. The van der Waals surface area contributed by atoms with E-state index in [1.807, 2.05) is 0 Å². The molecule has 17 heavy (non-hydrogen) atoms. The van der Waals surface area contributed by atoms with Gasteiger partial charge in [-0.3, -0.25) is 9.59 Å². The molecule has 0 bridgehead atoms. The molecule has 0 amide bonds. The second-order valence-electron chi connectivity index (χ2n) is 3.79. The fourth-order valence-corrected chi connectivity index (χ4v) is 1.58. The van der Waals surface area contributed by atoms with E-state index in [0.717, 1.165) is 0 Å². The number of fused-ring (bicyclic) bond motifs is 1. The summed E-state index contributed by atoms with van der Waals surface area (Å²) in [5.74, 6) is -0.778. The topological polar surface area (TPSA) is 64.3 Å². The van der Waals surface area contributed by atoms with E-state index in [-0.39, 0.29) is 17.8 Å². The van der Waals surface area contributed by atoms with Crippen molar-refractivity contribution in [3.8, 4) is 0 Å². The van der Waals surface area contributed by atoms with Crippen LogP contribution in [0.2, 0.25) is 0 Å². The monoisotopic (exact) mass is 230 g/mol. The second-order valence-corrected chi connectivity index (χ2v) is 3.79. The first-order valence-corrected chi connectivity index (χ1v) is 5.13. The number of para-hydroxylation sites is 1. The zero-order chi connectivity index (χ0) is 12.4. The summed E-state index contributed by atoms with van der Waals surface area (Å²) in [6.45, 7) is 1.31. The molecule has 0 radical (unpaired) electrons. The average molecular weight is 230 g/mol. The van der Waals surface area contributed by atoms with Crippen LogP contribution < -0.4 is 5.63 Å². The van der Waals surface area contributed by atoms with Crippen LogP contribution in [0, 0.1) is 0 Å². The molecule has 0 atom stereocenters. The number of benzene rings is 1. The molecular formula is C13H10O4. The molecular weight excluding hydrogens is 220 g/mol. The summed E-state index contributed by atoms with van der Waals surface area (Å²) in [5, 5.41) is 0.666. The van der Waals surface area contributed by atoms with Crippen molar-refractivity contribution in [1.29, 1.82) is 0 Å². The van der Waals surface area contributed by atoms with Gasteiger partial charge in [0.15, 0.2) is 5.78 Å². The van der Waals surface area contributed by atoms with Gasteiger partial charge in [-0.25, -0.2) is 4.79 Å². The molecule has 1 aromatic carbocycles. The van der Waals surface area contributed by atoms with Crippen LogP contribution in [-0.2, 0) is 4.79 Å². The molecule has 1 heterocycles. The maximum atomic E-state index is 11.6. The summed E-state index contributed by atoms with van der Waals surface area (Å²) in [7, 11) is 0. The summed E-state index contributed by atoms with van der Waals surface area (Å²) < 4.78 is 5.01. The molecule has 0 saturated heterocycles. The third-order valence-electron chi connectivity index (χ3n) is 2.35. The lowest BCUT2D eigenvalue weighted by Gasteiger charge is -1.99. The number of hydrogen-bond donors (Lipinski definition) is 0. The van der Waals surface area contributed by atoms with Crippen molar-refractivity contribution in [2.24, 2.45) is 0 Å². The van der Waals surface area contributed by atoms with Crippen molar-refractivity contribution in [2.45, 2.75) is 13.3 Å². The van der Waals surface area contributed by atoms with Gasteiger partial charge in [0.25, 0.3) is 0 Å². The van der Waals surface area contributed by atoms with Gasteiger partial charge < -0.3 is 4.42 Å². The number of Topliss-reactive ketones (excluding diaryl/α,β-unsaturated/α-hetero) is 2. The third-order valence-corrected chi connectivity index (χ3v) is 2.35. The Morgan fingerprint density at radius 3 is 2.65 bits per heavy atom. The zero-order valence-electron chi connectivity index (χ0n) is 9.23. The predicted molar refractivity (Wildman–Crippen MR) is 62.1 cm³/mol. The lowest BCUT2D eigenvalue weighted by Crippen LogP contribution is -2.15. The Hall–Kier alpha value is -2.23. The van der Waals surface area contributed by atoms with Crippen molar-refractivity contribution < 1.29 is 14.0 Å². The normalized spacial score (nSPS) is 10.4. The van der Waals surface area contributed by atoms with Crippen molar-refractivity contribution in [3.63, 3.8) is 0 Å². The van der Waals surface area contributed by atoms with Gasteiger partial charge in [0.05, 0.1) is 6.42 Å². The van der Waals surface area contributed by atoms with Crippen molar-refractivity contribution in [1.82, 2.24) is 0 Å². The SMILES string of the molecule is CC(=O)CC(=O)c1cc2ccccc2oc1=O. The molecule has 4 heteroatoms. The summed E-state index contributed by atoms with van der Waals surface area (Å²) in [6, 6.07) is 8.37. The van der Waals surface area contributed by atoms with Crippen LogP contribution in [0.4, 0.5) is 0 Å². The van der Waals surface area contributed by atoms with Gasteiger partial charge in [-0.05, 0) is 19.1 Å². The largest absolute Gasteiger partial charge is 0.422 e. The van der Waals surface area contributed by atoms with E-state index in [9.17, 15) is 14.4 Å². The van der Waals surface area contributed by atoms with Crippen molar-refractivity contribution in [3.05, 3.63) is 46.3 Å². The zero-order valence-corrected chi connectivity index (χ0v) is 9.23. The van der Waals surface area contributed by atoms with Crippen LogP contribution in [0.25, 0.3) is 11.0 Å². The van der Waals surface area contributed by atoms with Crippen LogP contribution in [0.3, 0.4) is 0 Å². The first-order valence-electron chi connectivity index (χ1n) is 5.13. The lowest BCUT2D eigenvalue weighted by atomic mass is 10.1. The Kier molecular flexibility index (Phi) is 2.87. The van der Waals surface area contributed by atoms with Crippen LogP contribution >= 0.6 is 0 Å². The smallest absolute Gasteiger partial charge is 0.347 e. The molecule has 0 spiro atoms. The highest BCUT2D eigenvalue weighted by atomic mass is 16.4. The molecule has 0 aliphatic heterocycles. The molecule has 0 fully saturated rings. The number of rotatable bonds is 3. The lowest BCUT2D eigenvalue weighted by molar-refractivity contribution is -0.116. The van der Waals surface area contributed by atoms with Gasteiger partial charge in [-0.2, -0.15) is 0 Å². The number of carbonyl (C=O) groups excluding carboxylic acids is 2. The van der Waals surface area contributed by atoms with E-state index in [0.29, 0.717) is 11.0 Å². The Morgan fingerprint density at radius 2 is 1.94 bits per heavy atom. The summed E-state index contributed by atoms with van der Waals surface area (Å²) in [6.07, 6.45) is -0.275. The van der Waals surface area contributed by atoms with Gasteiger partial charge in [0.2, 0.25) is 0 Å². The van der Waals surface area contributed by atoms with Gasteiger partial charge in [-0.1, -0.05) is 18.2 Å². The minimum Gasteiger partial charge on any atom is -0.422 e. The molecule has 4 nitrogen and oxygen atoms in total. The average Bonchev–Trinajstić information content (AvgIpc) is 2.27. The highest BCUT2D eigenvalue weighted by Gasteiger charge is 2.14. The van der Waals surface area contributed by atoms with Crippen LogP contribution in [-0.4, -0.2) is 11.6 Å². The van der Waals surface area contributed by atoms with Gasteiger partial charge >= 0.3 is 5.63 Å². The summed E-state index contributed by atoms with van der Waals surface area (Å²) >= 11 is 0. The molecule has 0 aliphatic rings. The standard InChI is InChI=1S/C13H10O4/c1-8(14)6-11(15)10-7-9-4-2-3-5-12(9)17-13(10)16/h2-5,7H,6H2,1H3. The third kappa shape index (κ3) is 2.30. The maximum absolute atomic E-state index is 11.6. The van der Waals surface area contributed by atoms with Gasteiger partial charge in [-0.15, -0.1) is 0 Å². The van der Waals surface area contributed by atoms with Crippen LogP contribution in [0.5, 0.6) is 0 Å². The van der Waals surface area contributed by atoms with E-state index < -0.39 is 11.4 Å². The van der Waals surface area contributed by atoms with Crippen LogP contribution in [0.1, 0.15) is 23.7 Å². The highest BCUT2D eigenvalue weighted by Crippen LogP contribution is 2.13. The number of hydrogen-bond acceptors (Lipinski definition) is 4. The Bertz CT molecular complexity index is 652. The molecule has 0 N–H and O–H groups in total. The highest BCUT2D eigenvalue weighted by molar-refractivity contribution is 6.08. The van der Waals surface area contributed by atoms with E-state index in [1.54, 1.807) is 24.3 Å². The molecule has 86 valence electrons. The molecule has 2 rings (SSSR count). The molecule has 0 unspecified atom stereocenters. The fourth-order valence-electron chi connectivity index (χ4n) is 1.58.